The van der Waals surface area contributed by atoms with Crippen LogP contribution in [0.4, 0.5) is 0 Å². The number of hydrogen-bond donors (Lipinski definition) is 0. The Hall–Kier alpha value is -2.42. The van der Waals surface area contributed by atoms with Crippen LogP contribution < -0.4 is 4.74 Å². The zero-order chi connectivity index (χ0) is 20.8. The Morgan fingerprint density at radius 1 is 1.24 bits per heavy atom. The number of carbonyl (C=O) groups excluding carboxylic acids is 2. The Labute approximate surface area is 181 Å². The molecule has 9 heteroatoms. The van der Waals surface area contributed by atoms with Gasteiger partial charge < -0.3 is 14.4 Å². The molecule has 29 heavy (non-hydrogen) atoms. The molecule has 0 N–H and O–H groups in total. The molecule has 1 aromatic carbocycles. The number of aromatic nitrogens is 1. The third-order valence-electron chi connectivity index (χ3n) is 3.90. The minimum atomic E-state index is -0.583. The molecule has 3 aromatic rings. The van der Waals surface area contributed by atoms with Crippen LogP contribution in [-0.2, 0) is 22.7 Å². The van der Waals surface area contributed by atoms with Crippen molar-refractivity contribution in [3.63, 3.8) is 0 Å². The van der Waals surface area contributed by atoms with Crippen molar-refractivity contribution < 1.29 is 19.1 Å². The highest BCUT2D eigenvalue weighted by Gasteiger charge is 2.15. The van der Waals surface area contributed by atoms with Crippen LogP contribution in [-0.4, -0.2) is 35.4 Å². The molecule has 2 aromatic heterocycles. The molecule has 0 aliphatic carbocycles. The smallest absolute Gasteiger partial charge is 0.338 e. The van der Waals surface area contributed by atoms with Gasteiger partial charge in [0.15, 0.2) is 6.61 Å². The van der Waals surface area contributed by atoms with Gasteiger partial charge in [0, 0.05) is 17.3 Å². The summed E-state index contributed by atoms with van der Waals surface area (Å²) >= 11 is 8.86. The molecule has 0 radical (unpaired) electrons. The van der Waals surface area contributed by atoms with E-state index >= 15 is 0 Å². The van der Waals surface area contributed by atoms with Crippen LogP contribution in [0, 0.1) is 6.92 Å². The number of nitrogens with zero attached hydrogens (tertiary/aromatic N) is 2. The number of benzene rings is 1. The molecule has 0 spiro atoms. The zero-order valence-corrected chi connectivity index (χ0v) is 18.3. The normalized spacial score (nSPS) is 10.6. The van der Waals surface area contributed by atoms with E-state index in [-0.39, 0.29) is 12.5 Å². The van der Waals surface area contributed by atoms with Crippen molar-refractivity contribution in [2.24, 2.45) is 0 Å². The topological polar surface area (TPSA) is 68.7 Å². The summed E-state index contributed by atoms with van der Waals surface area (Å²) in [7, 11) is 1.65. The summed E-state index contributed by atoms with van der Waals surface area (Å²) in [6, 6.07) is 10.3. The Morgan fingerprint density at radius 3 is 2.76 bits per heavy atom. The Morgan fingerprint density at radius 2 is 2.07 bits per heavy atom. The van der Waals surface area contributed by atoms with Gasteiger partial charge >= 0.3 is 5.97 Å². The molecule has 0 fully saturated rings. The van der Waals surface area contributed by atoms with Gasteiger partial charge in [-0.3, -0.25) is 4.79 Å². The third kappa shape index (κ3) is 6.28. The fraction of sp³-hybridized carbons (Fsp3) is 0.250. The summed E-state index contributed by atoms with van der Waals surface area (Å²) in [6.07, 6.45) is 0. The van der Waals surface area contributed by atoms with Crippen LogP contribution in [0.3, 0.4) is 0 Å². The van der Waals surface area contributed by atoms with Crippen LogP contribution in [0.5, 0.6) is 5.75 Å². The first kappa shape index (κ1) is 21.3. The van der Waals surface area contributed by atoms with Crippen molar-refractivity contribution in [2.45, 2.75) is 20.1 Å². The molecular weight excluding hydrogens is 432 g/mol. The van der Waals surface area contributed by atoms with Crippen LogP contribution in [0.1, 0.15) is 25.9 Å². The van der Waals surface area contributed by atoms with Crippen molar-refractivity contribution in [3.8, 4) is 5.75 Å². The molecule has 0 unspecified atom stereocenters. The molecule has 0 bridgehead atoms. The predicted molar refractivity (Wildman–Crippen MR) is 114 cm³/mol. The largest absolute Gasteiger partial charge is 0.487 e. The highest BCUT2D eigenvalue weighted by Crippen LogP contribution is 2.22. The summed E-state index contributed by atoms with van der Waals surface area (Å²) < 4.78 is 11.5. The van der Waals surface area contributed by atoms with Crippen molar-refractivity contribution in [2.75, 3.05) is 13.7 Å². The lowest BCUT2D eigenvalue weighted by Crippen LogP contribution is -2.30. The standard InChI is InChI=1S/C20H19ClN2O4S2/c1-13-22-15(12-28-13)10-26-16-5-3-4-14(8-16)20(25)27-11-19(24)23(2)9-17-6-7-18(21)29-17/h3-8,12H,9-11H2,1-2H3. The molecule has 152 valence electrons. The van der Waals surface area contributed by atoms with Crippen molar-refractivity contribution >= 4 is 46.2 Å². The van der Waals surface area contributed by atoms with Gasteiger partial charge in [-0.15, -0.1) is 22.7 Å². The number of halogens is 1. The number of rotatable bonds is 8. The number of thiazole rings is 1. The molecule has 0 atom stereocenters. The first-order valence-electron chi connectivity index (χ1n) is 8.70. The van der Waals surface area contributed by atoms with E-state index in [2.05, 4.69) is 4.98 Å². The monoisotopic (exact) mass is 450 g/mol. The van der Waals surface area contributed by atoms with Gasteiger partial charge in [0.05, 0.1) is 27.1 Å². The van der Waals surface area contributed by atoms with Gasteiger partial charge in [-0.25, -0.2) is 9.78 Å². The minimum absolute atomic E-state index is 0.297. The molecule has 6 nitrogen and oxygen atoms in total. The first-order valence-corrected chi connectivity index (χ1v) is 10.8. The highest BCUT2D eigenvalue weighted by atomic mass is 35.5. The van der Waals surface area contributed by atoms with E-state index in [1.54, 1.807) is 48.7 Å². The number of likely N-dealkylation sites (N-methyl/N-ethyl adjacent to an activating group) is 1. The van der Waals surface area contributed by atoms with Crippen LogP contribution >= 0.6 is 34.3 Å². The Bertz CT molecular complexity index is 1000. The summed E-state index contributed by atoms with van der Waals surface area (Å²) in [4.78, 5) is 31.3. The number of amides is 1. The molecular formula is C20H19ClN2O4S2. The van der Waals surface area contributed by atoms with Crippen LogP contribution in [0.25, 0.3) is 0 Å². The molecule has 0 saturated carbocycles. The first-order chi connectivity index (χ1) is 13.9. The van der Waals surface area contributed by atoms with Crippen molar-refractivity contribution in [1.82, 2.24) is 9.88 Å². The Kier molecular flexibility index (Phi) is 7.24. The second-order valence-electron chi connectivity index (χ2n) is 6.21. The quantitative estimate of drug-likeness (QED) is 0.470. The zero-order valence-electron chi connectivity index (χ0n) is 15.9. The summed E-state index contributed by atoms with van der Waals surface area (Å²) in [5, 5.41) is 2.90. The van der Waals surface area contributed by atoms with Gasteiger partial charge in [-0.2, -0.15) is 0 Å². The summed E-state index contributed by atoms with van der Waals surface area (Å²) in [6.45, 7) is 2.32. The average molecular weight is 451 g/mol. The lowest BCUT2D eigenvalue weighted by molar-refractivity contribution is -0.133. The maximum Gasteiger partial charge on any atom is 0.338 e. The minimum Gasteiger partial charge on any atom is -0.487 e. The molecule has 3 rings (SSSR count). The van der Waals surface area contributed by atoms with Crippen molar-refractivity contribution in [1.29, 1.82) is 0 Å². The molecule has 0 aliphatic rings. The van der Waals surface area contributed by atoms with Gasteiger partial charge in [-0.1, -0.05) is 17.7 Å². The van der Waals surface area contributed by atoms with E-state index in [1.807, 2.05) is 18.4 Å². The average Bonchev–Trinajstić information content (AvgIpc) is 3.32. The van der Waals surface area contributed by atoms with E-state index in [1.165, 1.54) is 16.2 Å². The maximum absolute atomic E-state index is 12.3. The fourth-order valence-corrected chi connectivity index (χ4v) is 4.16. The summed E-state index contributed by atoms with van der Waals surface area (Å²) in [5.74, 6) is -0.349. The Balaban J connectivity index is 1.50. The fourth-order valence-electron chi connectivity index (χ4n) is 2.42. The maximum atomic E-state index is 12.3. The van der Waals surface area contributed by atoms with Crippen molar-refractivity contribution in [3.05, 3.63) is 67.3 Å². The van der Waals surface area contributed by atoms with E-state index in [0.717, 1.165) is 15.6 Å². The lowest BCUT2D eigenvalue weighted by atomic mass is 10.2. The molecule has 2 heterocycles. The van der Waals surface area contributed by atoms with Gasteiger partial charge in [0.25, 0.3) is 5.91 Å². The predicted octanol–water partition coefficient (Wildman–Crippen LogP) is 4.56. The van der Waals surface area contributed by atoms with E-state index in [9.17, 15) is 9.59 Å². The number of ether oxygens (including phenoxy) is 2. The highest BCUT2D eigenvalue weighted by molar-refractivity contribution is 7.16. The van der Waals surface area contributed by atoms with Gasteiger partial charge in [-0.05, 0) is 37.3 Å². The number of thiophene rings is 1. The van der Waals surface area contributed by atoms with Gasteiger partial charge in [0.1, 0.15) is 12.4 Å². The van der Waals surface area contributed by atoms with E-state index < -0.39 is 5.97 Å². The number of hydrogen-bond acceptors (Lipinski definition) is 7. The molecule has 1 amide bonds. The SMILES string of the molecule is Cc1nc(COc2cccc(C(=O)OCC(=O)N(C)Cc3ccc(Cl)s3)c2)cs1. The number of esters is 1. The number of aryl methyl sites for hydroxylation is 1. The molecule has 0 saturated heterocycles. The summed E-state index contributed by atoms with van der Waals surface area (Å²) in [5.41, 5.74) is 1.15. The van der Waals surface area contributed by atoms with Gasteiger partial charge in [0.2, 0.25) is 0 Å². The second kappa shape index (κ2) is 9.87. The number of carbonyl (C=O) groups is 2. The third-order valence-corrected chi connectivity index (χ3v) is 5.94. The van der Waals surface area contributed by atoms with Crippen LogP contribution in [0.15, 0.2) is 41.8 Å². The second-order valence-corrected chi connectivity index (χ2v) is 9.07. The lowest BCUT2D eigenvalue weighted by Gasteiger charge is -2.16. The molecule has 0 aliphatic heterocycles. The van der Waals surface area contributed by atoms with E-state index in [0.29, 0.717) is 28.8 Å². The van der Waals surface area contributed by atoms with Crippen LogP contribution in [0.2, 0.25) is 4.34 Å². The van der Waals surface area contributed by atoms with E-state index in [4.69, 9.17) is 21.1 Å².